The number of hydrogen-bond acceptors (Lipinski definition) is 3. The summed E-state index contributed by atoms with van der Waals surface area (Å²) < 4.78 is 4.98. The van der Waals surface area contributed by atoms with Gasteiger partial charge in [-0.1, -0.05) is 18.2 Å². The summed E-state index contributed by atoms with van der Waals surface area (Å²) >= 11 is 1.49. The van der Waals surface area contributed by atoms with Gasteiger partial charge in [-0.15, -0.1) is 11.8 Å². The third-order valence-electron chi connectivity index (χ3n) is 1.67. The summed E-state index contributed by atoms with van der Waals surface area (Å²) in [7, 11) is 0. The topological polar surface area (TPSA) is 26.3 Å². The second kappa shape index (κ2) is 4.92. The standard InChI is InChI=1S/C10H12O2S/c1-8-5-3-4-6-9(8)10(11)12-7-13-2/h3-6H,7H2,1-2H3. The van der Waals surface area contributed by atoms with Crippen LogP contribution in [0.15, 0.2) is 24.3 Å². The largest absolute Gasteiger partial charge is 0.451 e. The predicted molar refractivity (Wildman–Crippen MR) is 55.0 cm³/mol. The molecular weight excluding hydrogens is 184 g/mol. The highest BCUT2D eigenvalue weighted by Gasteiger charge is 2.08. The molecule has 0 N–H and O–H groups in total. The van der Waals surface area contributed by atoms with Crippen molar-refractivity contribution in [1.29, 1.82) is 0 Å². The summed E-state index contributed by atoms with van der Waals surface area (Å²) in [5.41, 5.74) is 1.60. The zero-order valence-corrected chi connectivity index (χ0v) is 8.56. The van der Waals surface area contributed by atoms with Crippen LogP contribution in [-0.2, 0) is 4.74 Å². The lowest BCUT2D eigenvalue weighted by Crippen LogP contribution is -2.06. The number of rotatable bonds is 3. The van der Waals surface area contributed by atoms with Crippen molar-refractivity contribution in [2.45, 2.75) is 6.92 Å². The Bertz CT molecular complexity index is 297. The van der Waals surface area contributed by atoms with E-state index in [0.29, 0.717) is 11.5 Å². The van der Waals surface area contributed by atoms with Gasteiger partial charge in [-0.25, -0.2) is 4.79 Å². The van der Waals surface area contributed by atoms with Gasteiger partial charge in [0.2, 0.25) is 0 Å². The minimum Gasteiger partial charge on any atom is -0.451 e. The second-order valence-electron chi connectivity index (χ2n) is 2.65. The van der Waals surface area contributed by atoms with Gasteiger partial charge in [-0.05, 0) is 24.8 Å². The van der Waals surface area contributed by atoms with E-state index in [9.17, 15) is 4.79 Å². The maximum absolute atomic E-state index is 11.4. The number of ether oxygens (including phenoxy) is 1. The van der Waals surface area contributed by atoms with E-state index in [1.165, 1.54) is 11.8 Å². The maximum Gasteiger partial charge on any atom is 0.339 e. The first-order chi connectivity index (χ1) is 6.25. The third kappa shape index (κ3) is 2.77. The molecule has 0 saturated heterocycles. The van der Waals surface area contributed by atoms with Crippen LogP contribution in [0.3, 0.4) is 0 Å². The highest BCUT2D eigenvalue weighted by atomic mass is 32.2. The van der Waals surface area contributed by atoms with Gasteiger partial charge in [0.15, 0.2) is 0 Å². The molecule has 0 heterocycles. The van der Waals surface area contributed by atoms with Crippen molar-refractivity contribution in [2.75, 3.05) is 12.2 Å². The molecule has 70 valence electrons. The number of hydrogen-bond donors (Lipinski definition) is 0. The lowest BCUT2D eigenvalue weighted by atomic mass is 10.1. The van der Waals surface area contributed by atoms with Crippen LogP contribution in [0.2, 0.25) is 0 Å². The molecule has 1 aromatic carbocycles. The molecule has 0 aromatic heterocycles. The molecule has 1 aromatic rings. The molecule has 0 aliphatic rings. The summed E-state index contributed by atoms with van der Waals surface area (Å²) in [6, 6.07) is 7.41. The Hall–Kier alpha value is -0.960. The van der Waals surface area contributed by atoms with Crippen molar-refractivity contribution < 1.29 is 9.53 Å². The fourth-order valence-corrected chi connectivity index (χ4v) is 1.22. The number of carbonyl (C=O) groups excluding carboxylic acids is 1. The zero-order valence-electron chi connectivity index (χ0n) is 7.74. The zero-order chi connectivity index (χ0) is 9.68. The predicted octanol–water partition coefficient (Wildman–Crippen LogP) is 2.47. The van der Waals surface area contributed by atoms with Crippen LogP contribution in [0.1, 0.15) is 15.9 Å². The van der Waals surface area contributed by atoms with Crippen molar-refractivity contribution in [2.24, 2.45) is 0 Å². The van der Waals surface area contributed by atoms with Gasteiger partial charge >= 0.3 is 5.97 Å². The first-order valence-electron chi connectivity index (χ1n) is 3.97. The molecule has 0 radical (unpaired) electrons. The highest BCUT2D eigenvalue weighted by Crippen LogP contribution is 2.09. The Morgan fingerprint density at radius 1 is 1.46 bits per heavy atom. The van der Waals surface area contributed by atoms with Gasteiger partial charge in [0.25, 0.3) is 0 Å². The molecule has 0 bridgehead atoms. The van der Waals surface area contributed by atoms with E-state index in [1.54, 1.807) is 6.07 Å². The number of esters is 1. The first kappa shape index (κ1) is 10.1. The van der Waals surface area contributed by atoms with Crippen molar-refractivity contribution >= 4 is 17.7 Å². The number of carbonyl (C=O) groups is 1. The van der Waals surface area contributed by atoms with Crippen LogP contribution in [0.25, 0.3) is 0 Å². The molecule has 0 fully saturated rings. The molecule has 0 spiro atoms. The number of benzene rings is 1. The van der Waals surface area contributed by atoms with E-state index in [2.05, 4.69) is 0 Å². The van der Waals surface area contributed by atoms with Crippen LogP contribution in [0.4, 0.5) is 0 Å². The number of aryl methyl sites for hydroxylation is 1. The monoisotopic (exact) mass is 196 g/mol. The third-order valence-corrected chi connectivity index (χ3v) is 2.03. The Morgan fingerprint density at radius 2 is 2.15 bits per heavy atom. The van der Waals surface area contributed by atoms with Gasteiger partial charge in [0, 0.05) is 0 Å². The van der Waals surface area contributed by atoms with Gasteiger partial charge in [0.1, 0.15) is 5.94 Å². The summed E-state index contributed by atoms with van der Waals surface area (Å²) in [4.78, 5) is 11.4. The van der Waals surface area contributed by atoms with Gasteiger partial charge in [-0.2, -0.15) is 0 Å². The average Bonchev–Trinajstić information content (AvgIpc) is 2.15. The highest BCUT2D eigenvalue weighted by molar-refractivity contribution is 7.98. The van der Waals surface area contributed by atoms with Crippen LogP contribution in [-0.4, -0.2) is 18.2 Å². The van der Waals surface area contributed by atoms with Crippen LogP contribution in [0.5, 0.6) is 0 Å². The molecule has 2 nitrogen and oxygen atoms in total. The summed E-state index contributed by atoms with van der Waals surface area (Å²) in [5, 5.41) is 0. The van der Waals surface area contributed by atoms with E-state index < -0.39 is 0 Å². The van der Waals surface area contributed by atoms with Crippen LogP contribution < -0.4 is 0 Å². The second-order valence-corrected chi connectivity index (χ2v) is 3.47. The minimum absolute atomic E-state index is 0.243. The van der Waals surface area contributed by atoms with Gasteiger partial charge in [0.05, 0.1) is 5.56 Å². The SMILES string of the molecule is CSCOC(=O)c1ccccc1C. The molecule has 0 aliphatic carbocycles. The van der Waals surface area contributed by atoms with E-state index in [1.807, 2.05) is 31.4 Å². The molecule has 0 aliphatic heterocycles. The molecular formula is C10H12O2S. The minimum atomic E-state index is -0.243. The summed E-state index contributed by atoms with van der Waals surface area (Å²) in [6.45, 7) is 1.90. The van der Waals surface area contributed by atoms with E-state index in [4.69, 9.17) is 4.74 Å². The van der Waals surface area contributed by atoms with Crippen molar-refractivity contribution in [3.05, 3.63) is 35.4 Å². The normalized spacial score (nSPS) is 9.69. The average molecular weight is 196 g/mol. The van der Waals surface area contributed by atoms with E-state index in [0.717, 1.165) is 5.56 Å². The lowest BCUT2D eigenvalue weighted by Gasteiger charge is -2.04. The molecule has 0 atom stereocenters. The molecule has 13 heavy (non-hydrogen) atoms. The smallest absolute Gasteiger partial charge is 0.339 e. The molecule has 0 unspecified atom stereocenters. The lowest BCUT2D eigenvalue weighted by molar-refractivity contribution is 0.0579. The van der Waals surface area contributed by atoms with Gasteiger partial charge < -0.3 is 4.74 Å². The van der Waals surface area contributed by atoms with Crippen molar-refractivity contribution in [3.8, 4) is 0 Å². The fraction of sp³-hybridized carbons (Fsp3) is 0.300. The van der Waals surface area contributed by atoms with E-state index >= 15 is 0 Å². The summed E-state index contributed by atoms with van der Waals surface area (Å²) in [5.74, 6) is 0.167. The molecule has 1 rings (SSSR count). The first-order valence-corrected chi connectivity index (χ1v) is 5.37. The quantitative estimate of drug-likeness (QED) is 0.548. The summed E-state index contributed by atoms with van der Waals surface area (Å²) in [6.07, 6.45) is 1.89. The maximum atomic E-state index is 11.4. The Labute approximate surface area is 82.3 Å². The Morgan fingerprint density at radius 3 is 2.77 bits per heavy atom. The van der Waals surface area contributed by atoms with Crippen molar-refractivity contribution in [1.82, 2.24) is 0 Å². The van der Waals surface area contributed by atoms with E-state index in [-0.39, 0.29) is 5.97 Å². The van der Waals surface area contributed by atoms with Crippen LogP contribution >= 0.6 is 11.8 Å². The van der Waals surface area contributed by atoms with Crippen LogP contribution in [0, 0.1) is 6.92 Å². The molecule has 0 saturated carbocycles. The van der Waals surface area contributed by atoms with Gasteiger partial charge in [-0.3, -0.25) is 0 Å². The fourth-order valence-electron chi connectivity index (χ4n) is 0.992. The van der Waals surface area contributed by atoms with Crippen molar-refractivity contribution in [3.63, 3.8) is 0 Å². The molecule has 0 amide bonds. The molecule has 3 heteroatoms. The number of thioether (sulfide) groups is 1. The Balaban J connectivity index is 2.71. The Kier molecular flexibility index (Phi) is 3.83.